The van der Waals surface area contributed by atoms with Gasteiger partial charge in [0.05, 0.1) is 6.04 Å². The molecule has 0 aromatic rings. The summed E-state index contributed by atoms with van der Waals surface area (Å²) in [5, 5.41) is 19.9. The van der Waals surface area contributed by atoms with Crippen LogP contribution in [0, 0.1) is 0 Å². The van der Waals surface area contributed by atoms with E-state index in [1.165, 1.54) is 39.0 Å². The quantitative estimate of drug-likeness (QED) is 0.253. The molecular formula is C22H39NO6. The second kappa shape index (κ2) is 18.1. The second-order valence-electron chi connectivity index (χ2n) is 7.80. The van der Waals surface area contributed by atoms with Crippen molar-refractivity contribution in [1.29, 1.82) is 0 Å². The Morgan fingerprint density at radius 3 is 1.38 bits per heavy atom. The third-order valence-corrected chi connectivity index (χ3v) is 5.02. The molecule has 7 nitrogen and oxygen atoms in total. The molecule has 0 aromatic heterocycles. The largest absolute Gasteiger partial charge is 0.481 e. The van der Waals surface area contributed by atoms with Crippen molar-refractivity contribution in [3.8, 4) is 0 Å². The van der Waals surface area contributed by atoms with E-state index in [9.17, 15) is 19.2 Å². The van der Waals surface area contributed by atoms with Crippen molar-refractivity contribution in [3.05, 3.63) is 0 Å². The molecular weight excluding hydrogens is 374 g/mol. The van der Waals surface area contributed by atoms with Crippen LogP contribution < -0.4 is 5.32 Å². The van der Waals surface area contributed by atoms with Crippen molar-refractivity contribution in [3.63, 3.8) is 0 Å². The van der Waals surface area contributed by atoms with E-state index in [0.29, 0.717) is 6.42 Å². The van der Waals surface area contributed by atoms with Gasteiger partial charge in [0.1, 0.15) is 0 Å². The number of Topliss-reactive ketones (excluding diaryl/α,β-unsaturated/α-hetero) is 1. The maximum absolute atomic E-state index is 11.9. The van der Waals surface area contributed by atoms with E-state index in [-0.39, 0.29) is 31.0 Å². The van der Waals surface area contributed by atoms with Crippen LogP contribution in [-0.2, 0) is 19.2 Å². The van der Waals surface area contributed by atoms with Gasteiger partial charge in [0.25, 0.3) is 0 Å². The Bertz CT molecular complexity index is 492. The maximum atomic E-state index is 11.9. The van der Waals surface area contributed by atoms with Gasteiger partial charge in [-0.25, -0.2) is 0 Å². The van der Waals surface area contributed by atoms with Crippen LogP contribution in [-0.4, -0.2) is 39.9 Å². The summed E-state index contributed by atoms with van der Waals surface area (Å²) < 4.78 is 0. The van der Waals surface area contributed by atoms with Crippen molar-refractivity contribution < 1.29 is 29.4 Å². The van der Waals surface area contributed by atoms with Gasteiger partial charge in [0.2, 0.25) is 5.91 Å². The fourth-order valence-electron chi connectivity index (χ4n) is 3.24. The zero-order valence-electron chi connectivity index (χ0n) is 17.9. The Labute approximate surface area is 174 Å². The SMILES string of the molecule is CC(=O)[C@H](CCC(=O)O)NC(=O)CCCCCCCCCCCCCCC(=O)O. The number of amides is 1. The average molecular weight is 414 g/mol. The van der Waals surface area contributed by atoms with Crippen LogP contribution in [0.1, 0.15) is 110 Å². The Balaban J connectivity index is 3.48. The summed E-state index contributed by atoms with van der Waals surface area (Å²) in [6.07, 6.45) is 13.6. The van der Waals surface area contributed by atoms with E-state index in [4.69, 9.17) is 10.2 Å². The van der Waals surface area contributed by atoms with Gasteiger partial charge in [-0.15, -0.1) is 0 Å². The molecule has 1 amide bonds. The number of hydrogen-bond acceptors (Lipinski definition) is 4. The number of carboxylic acids is 2. The molecule has 0 unspecified atom stereocenters. The molecule has 0 spiro atoms. The lowest BCUT2D eigenvalue weighted by Gasteiger charge is -2.14. The van der Waals surface area contributed by atoms with Crippen molar-refractivity contribution in [1.82, 2.24) is 5.32 Å². The normalized spacial score (nSPS) is 11.8. The maximum Gasteiger partial charge on any atom is 0.303 e. The van der Waals surface area contributed by atoms with Crippen LogP contribution >= 0.6 is 0 Å². The zero-order chi connectivity index (χ0) is 21.9. The van der Waals surface area contributed by atoms with Gasteiger partial charge >= 0.3 is 11.9 Å². The first kappa shape index (κ1) is 27.1. The van der Waals surface area contributed by atoms with E-state index < -0.39 is 18.0 Å². The van der Waals surface area contributed by atoms with Gasteiger partial charge in [-0.3, -0.25) is 19.2 Å². The predicted molar refractivity (Wildman–Crippen MR) is 112 cm³/mol. The summed E-state index contributed by atoms with van der Waals surface area (Å²) in [6.45, 7) is 1.37. The van der Waals surface area contributed by atoms with Gasteiger partial charge in [-0.2, -0.15) is 0 Å². The van der Waals surface area contributed by atoms with E-state index in [1.54, 1.807) is 0 Å². The molecule has 1 atom stereocenters. The van der Waals surface area contributed by atoms with Crippen molar-refractivity contribution in [2.24, 2.45) is 0 Å². The number of hydrogen-bond donors (Lipinski definition) is 3. The molecule has 168 valence electrons. The minimum absolute atomic E-state index is 0.130. The molecule has 29 heavy (non-hydrogen) atoms. The van der Waals surface area contributed by atoms with Crippen LogP contribution in [0.25, 0.3) is 0 Å². The van der Waals surface area contributed by atoms with Crippen LogP contribution in [0.2, 0.25) is 0 Å². The lowest BCUT2D eigenvalue weighted by molar-refractivity contribution is -0.138. The average Bonchev–Trinajstić information content (AvgIpc) is 2.64. The van der Waals surface area contributed by atoms with Gasteiger partial charge < -0.3 is 15.5 Å². The Morgan fingerprint density at radius 1 is 0.621 bits per heavy atom. The van der Waals surface area contributed by atoms with Crippen molar-refractivity contribution >= 4 is 23.6 Å². The van der Waals surface area contributed by atoms with Crippen LogP contribution in [0.3, 0.4) is 0 Å². The van der Waals surface area contributed by atoms with Crippen LogP contribution in [0.15, 0.2) is 0 Å². The molecule has 7 heteroatoms. The van der Waals surface area contributed by atoms with Crippen LogP contribution in [0.4, 0.5) is 0 Å². The summed E-state index contributed by atoms with van der Waals surface area (Å²) in [7, 11) is 0. The Morgan fingerprint density at radius 2 is 1.00 bits per heavy atom. The number of rotatable bonds is 20. The Kier molecular flexibility index (Phi) is 16.9. The molecule has 3 N–H and O–H groups in total. The minimum Gasteiger partial charge on any atom is -0.481 e. The van der Waals surface area contributed by atoms with E-state index >= 15 is 0 Å². The lowest BCUT2D eigenvalue weighted by atomic mass is 10.0. The van der Waals surface area contributed by atoms with Crippen molar-refractivity contribution in [2.75, 3.05) is 0 Å². The monoisotopic (exact) mass is 413 g/mol. The number of nitrogens with one attached hydrogen (secondary N) is 1. The third-order valence-electron chi connectivity index (χ3n) is 5.02. The predicted octanol–water partition coefficient (Wildman–Crippen LogP) is 4.47. The number of aliphatic carboxylic acids is 2. The summed E-state index contributed by atoms with van der Waals surface area (Å²) in [5.41, 5.74) is 0. The summed E-state index contributed by atoms with van der Waals surface area (Å²) >= 11 is 0. The number of unbranched alkanes of at least 4 members (excludes halogenated alkanes) is 11. The molecule has 0 aromatic carbocycles. The molecule has 0 radical (unpaired) electrons. The number of ketones is 1. The lowest BCUT2D eigenvalue weighted by Crippen LogP contribution is -2.40. The highest BCUT2D eigenvalue weighted by Gasteiger charge is 2.17. The first-order valence-corrected chi connectivity index (χ1v) is 11.1. The van der Waals surface area contributed by atoms with E-state index in [2.05, 4.69) is 5.32 Å². The number of carboxylic acid groups (broad SMARTS) is 2. The van der Waals surface area contributed by atoms with Gasteiger partial charge in [-0.05, 0) is 26.2 Å². The molecule has 0 saturated carbocycles. The fourth-order valence-corrected chi connectivity index (χ4v) is 3.24. The molecule has 0 aliphatic heterocycles. The zero-order valence-corrected chi connectivity index (χ0v) is 17.9. The molecule has 0 heterocycles. The number of carbonyl (C=O) groups excluding carboxylic acids is 2. The molecule has 0 fully saturated rings. The fraction of sp³-hybridized carbons (Fsp3) is 0.818. The summed E-state index contributed by atoms with van der Waals surface area (Å²) in [4.78, 5) is 44.4. The molecule has 0 bridgehead atoms. The first-order chi connectivity index (χ1) is 13.8. The highest BCUT2D eigenvalue weighted by atomic mass is 16.4. The van der Waals surface area contributed by atoms with Crippen LogP contribution in [0.5, 0.6) is 0 Å². The Hall–Kier alpha value is -1.92. The topological polar surface area (TPSA) is 121 Å². The second-order valence-corrected chi connectivity index (χ2v) is 7.80. The highest BCUT2D eigenvalue weighted by Crippen LogP contribution is 2.13. The standard InChI is InChI=1S/C22H39NO6/c1-18(24)19(16-17-22(28)29)23-20(25)14-12-10-8-6-4-2-3-5-7-9-11-13-15-21(26)27/h19H,2-17H2,1H3,(H,23,25)(H,26,27)(H,28,29)/t19-/m0/s1. The summed E-state index contributed by atoms with van der Waals surface area (Å²) in [6, 6.07) is -0.698. The highest BCUT2D eigenvalue weighted by molar-refractivity contribution is 5.87. The first-order valence-electron chi connectivity index (χ1n) is 11.1. The van der Waals surface area contributed by atoms with E-state index in [0.717, 1.165) is 44.9 Å². The smallest absolute Gasteiger partial charge is 0.303 e. The van der Waals surface area contributed by atoms with Gasteiger partial charge in [-0.1, -0.05) is 64.2 Å². The number of carbonyl (C=O) groups is 4. The van der Waals surface area contributed by atoms with Gasteiger partial charge in [0, 0.05) is 19.3 Å². The molecule has 0 aliphatic carbocycles. The molecule has 0 saturated heterocycles. The minimum atomic E-state index is -0.971. The van der Waals surface area contributed by atoms with E-state index in [1.807, 2.05) is 0 Å². The summed E-state index contributed by atoms with van der Waals surface area (Å²) in [5.74, 6) is -2.07. The molecule has 0 rings (SSSR count). The van der Waals surface area contributed by atoms with Gasteiger partial charge in [0.15, 0.2) is 5.78 Å². The molecule has 0 aliphatic rings. The van der Waals surface area contributed by atoms with Crippen molar-refractivity contribution in [2.45, 2.75) is 116 Å². The third kappa shape index (κ3) is 19.2.